The van der Waals surface area contributed by atoms with Crippen molar-refractivity contribution in [2.75, 3.05) is 11.9 Å². The minimum Gasteiger partial charge on any atom is -0.452 e. The number of rotatable bonds is 6. The molecular weight excluding hydrogens is 486 g/mol. The SMILES string of the molecule is NC(=O)c1ccc(NC(=O)COC(=O)c2cc(-c3cccc(Br)c3)nc3ccccc23)cc1. The van der Waals surface area contributed by atoms with E-state index in [4.69, 9.17) is 10.5 Å². The summed E-state index contributed by atoms with van der Waals surface area (Å²) >= 11 is 3.45. The molecule has 2 amide bonds. The van der Waals surface area contributed by atoms with Gasteiger partial charge in [0.15, 0.2) is 6.61 Å². The van der Waals surface area contributed by atoms with Gasteiger partial charge in [-0.05, 0) is 48.5 Å². The summed E-state index contributed by atoms with van der Waals surface area (Å²) in [5, 5.41) is 3.24. The molecule has 3 aromatic carbocycles. The van der Waals surface area contributed by atoms with Crippen LogP contribution in [0.15, 0.2) is 83.3 Å². The standard InChI is InChI=1S/C25H18BrN3O4/c26-17-5-3-4-16(12-17)22-13-20(19-6-1-2-7-21(19)29-22)25(32)33-14-23(30)28-18-10-8-15(9-11-18)24(27)31/h1-13H,14H2,(H2,27,31)(H,28,30). The molecule has 0 aliphatic carbocycles. The van der Waals surface area contributed by atoms with E-state index in [2.05, 4.69) is 26.2 Å². The van der Waals surface area contributed by atoms with Gasteiger partial charge in [0.2, 0.25) is 5.91 Å². The Bertz CT molecular complexity index is 1370. The van der Waals surface area contributed by atoms with Gasteiger partial charge in [0.05, 0.1) is 16.8 Å². The number of fused-ring (bicyclic) bond motifs is 1. The van der Waals surface area contributed by atoms with Gasteiger partial charge in [-0.15, -0.1) is 0 Å². The Labute approximate surface area is 197 Å². The Morgan fingerprint density at radius 1 is 0.939 bits per heavy atom. The fraction of sp³-hybridized carbons (Fsp3) is 0.0400. The van der Waals surface area contributed by atoms with Crippen LogP contribution in [0.1, 0.15) is 20.7 Å². The number of ether oxygens (including phenoxy) is 1. The van der Waals surface area contributed by atoms with Crippen molar-refractivity contribution in [1.82, 2.24) is 4.98 Å². The lowest BCUT2D eigenvalue weighted by atomic mass is 10.0. The average Bonchev–Trinajstić information content (AvgIpc) is 2.82. The van der Waals surface area contributed by atoms with E-state index in [0.29, 0.717) is 33.4 Å². The van der Waals surface area contributed by atoms with E-state index in [1.54, 1.807) is 24.3 Å². The monoisotopic (exact) mass is 503 g/mol. The van der Waals surface area contributed by atoms with Gasteiger partial charge in [-0.1, -0.05) is 46.3 Å². The van der Waals surface area contributed by atoms with E-state index in [9.17, 15) is 14.4 Å². The smallest absolute Gasteiger partial charge is 0.339 e. The molecule has 4 rings (SSSR count). The van der Waals surface area contributed by atoms with Crippen molar-refractivity contribution in [3.05, 3.63) is 94.5 Å². The third-order valence-corrected chi connectivity index (χ3v) is 5.34. The molecule has 3 N–H and O–H groups in total. The number of primary amides is 1. The molecule has 0 unspecified atom stereocenters. The van der Waals surface area contributed by atoms with Crippen LogP contribution in [-0.4, -0.2) is 29.4 Å². The number of hydrogen-bond acceptors (Lipinski definition) is 5. The lowest BCUT2D eigenvalue weighted by Gasteiger charge is -2.11. The average molecular weight is 504 g/mol. The molecule has 0 spiro atoms. The molecule has 0 aliphatic heterocycles. The molecular formula is C25H18BrN3O4. The highest BCUT2D eigenvalue weighted by Crippen LogP contribution is 2.27. The van der Waals surface area contributed by atoms with Crippen LogP contribution in [0.4, 0.5) is 5.69 Å². The van der Waals surface area contributed by atoms with Crippen LogP contribution < -0.4 is 11.1 Å². The summed E-state index contributed by atoms with van der Waals surface area (Å²) < 4.78 is 6.17. The maximum Gasteiger partial charge on any atom is 0.339 e. The van der Waals surface area contributed by atoms with Crippen LogP contribution in [0.3, 0.4) is 0 Å². The Balaban J connectivity index is 1.52. The van der Waals surface area contributed by atoms with Gasteiger partial charge in [0, 0.05) is 26.7 Å². The molecule has 7 nitrogen and oxygen atoms in total. The van der Waals surface area contributed by atoms with Gasteiger partial charge in [0.25, 0.3) is 5.91 Å². The highest BCUT2D eigenvalue weighted by Gasteiger charge is 2.17. The zero-order valence-corrected chi connectivity index (χ0v) is 18.8. The molecule has 0 saturated heterocycles. The molecule has 0 fully saturated rings. The number of pyridine rings is 1. The number of nitrogens with zero attached hydrogens (tertiary/aromatic N) is 1. The number of amides is 2. The van der Waals surface area contributed by atoms with Gasteiger partial charge in [-0.25, -0.2) is 9.78 Å². The second kappa shape index (κ2) is 9.62. The summed E-state index contributed by atoms with van der Waals surface area (Å²) in [7, 11) is 0. The van der Waals surface area contributed by atoms with E-state index >= 15 is 0 Å². The summed E-state index contributed by atoms with van der Waals surface area (Å²) in [6.07, 6.45) is 0. The largest absolute Gasteiger partial charge is 0.452 e. The lowest BCUT2D eigenvalue weighted by molar-refractivity contribution is -0.119. The summed E-state index contributed by atoms with van der Waals surface area (Å²) in [5.41, 5.74) is 8.38. The van der Waals surface area contributed by atoms with Gasteiger partial charge >= 0.3 is 5.97 Å². The predicted molar refractivity (Wildman–Crippen MR) is 129 cm³/mol. The van der Waals surface area contributed by atoms with Gasteiger partial charge in [-0.2, -0.15) is 0 Å². The number of hydrogen-bond donors (Lipinski definition) is 2. The number of para-hydroxylation sites is 1. The second-order valence-electron chi connectivity index (χ2n) is 7.15. The first-order valence-electron chi connectivity index (χ1n) is 9.93. The molecule has 0 bridgehead atoms. The molecule has 0 saturated carbocycles. The first-order chi connectivity index (χ1) is 15.9. The lowest BCUT2D eigenvalue weighted by Crippen LogP contribution is -2.21. The van der Waals surface area contributed by atoms with Gasteiger partial charge < -0.3 is 15.8 Å². The highest BCUT2D eigenvalue weighted by molar-refractivity contribution is 9.10. The van der Waals surface area contributed by atoms with Crippen LogP contribution in [-0.2, 0) is 9.53 Å². The minimum atomic E-state index is -0.635. The van der Waals surface area contributed by atoms with Gasteiger partial charge in [0.1, 0.15) is 0 Å². The quantitative estimate of drug-likeness (QED) is 0.374. The fourth-order valence-corrected chi connectivity index (χ4v) is 3.66. The van der Waals surface area contributed by atoms with Crippen molar-refractivity contribution in [2.24, 2.45) is 5.73 Å². The number of aromatic nitrogens is 1. The zero-order chi connectivity index (χ0) is 23.4. The van der Waals surface area contributed by atoms with E-state index in [0.717, 1.165) is 10.0 Å². The Kier molecular flexibility index (Phi) is 6.46. The number of nitrogens with two attached hydrogens (primary N) is 1. The molecule has 0 aliphatic rings. The highest BCUT2D eigenvalue weighted by atomic mass is 79.9. The molecule has 1 heterocycles. The van der Waals surface area contributed by atoms with Crippen LogP contribution in [0.5, 0.6) is 0 Å². The Morgan fingerprint density at radius 2 is 1.70 bits per heavy atom. The van der Waals surface area contributed by atoms with Crippen LogP contribution in [0.2, 0.25) is 0 Å². The molecule has 8 heteroatoms. The molecule has 4 aromatic rings. The summed E-state index contributed by atoms with van der Waals surface area (Å²) in [5.74, 6) is -1.71. The van der Waals surface area contributed by atoms with Crippen LogP contribution >= 0.6 is 15.9 Å². The van der Waals surface area contributed by atoms with Crippen LogP contribution in [0, 0.1) is 0 Å². The topological polar surface area (TPSA) is 111 Å². The minimum absolute atomic E-state index is 0.314. The van der Waals surface area contributed by atoms with Crippen molar-refractivity contribution in [3.63, 3.8) is 0 Å². The summed E-state index contributed by atoms with van der Waals surface area (Å²) in [4.78, 5) is 41.0. The third kappa shape index (κ3) is 5.24. The predicted octanol–water partition coefficient (Wildman–Crippen LogP) is 4.56. The zero-order valence-electron chi connectivity index (χ0n) is 17.2. The van der Waals surface area contributed by atoms with Crippen molar-refractivity contribution in [3.8, 4) is 11.3 Å². The van der Waals surface area contributed by atoms with E-state index in [1.165, 1.54) is 12.1 Å². The first kappa shape index (κ1) is 22.2. The normalized spacial score (nSPS) is 10.6. The molecule has 164 valence electrons. The van der Waals surface area contributed by atoms with E-state index < -0.39 is 24.4 Å². The number of anilines is 1. The van der Waals surface area contributed by atoms with Crippen molar-refractivity contribution in [1.29, 1.82) is 0 Å². The van der Waals surface area contributed by atoms with Crippen molar-refractivity contribution >= 4 is 50.3 Å². The second-order valence-corrected chi connectivity index (χ2v) is 8.06. The number of benzene rings is 3. The maximum atomic E-state index is 12.9. The van der Waals surface area contributed by atoms with Crippen LogP contribution in [0.25, 0.3) is 22.2 Å². The summed E-state index contributed by atoms with van der Waals surface area (Å²) in [6.45, 7) is -0.473. The summed E-state index contributed by atoms with van der Waals surface area (Å²) in [6, 6.07) is 22.6. The number of carbonyl (C=O) groups excluding carboxylic acids is 3. The number of esters is 1. The maximum absolute atomic E-state index is 12.9. The molecule has 33 heavy (non-hydrogen) atoms. The van der Waals surface area contributed by atoms with E-state index in [1.807, 2.05) is 42.5 Å². The third-order valence-electron chi connectivity index (χ3n) is 4.84. The number of halogens is 1. The van der Waals surface area contributed by atoms with Crippen molar-refractivity contribution < 1.29 is 19.1 Å². The number of carbonyl (C=O) groups is 3. The fourth-order valence-electron chi connectivity index (χ4n) is 3.26. The molecule has 0 radical (unpaired) electrons. The van der Waals surface area contributed by atoms with Gasteiger partial charge in [-0.3, -0.25) is 9.59 Å². The molecule has 1 aromatic heterocycles. The Hall–Kier alpha value is -4.04. The number of nitrogens with one attached hydrogen (secondary N) is 1. The molecule has 0 atom stereocenters. The van der Waals surface area contributed by atoms with Crippen molar-refractivity contribution in [2.45, 2.75) is 0 Å². The Morgan fingerprint density at radius 3 is 2.42 bits per heavy atom. The first-order valence-corrected chi connectivity index (χ1v) is 10.7. The van der Waals surface area contributed by atoms with E-state index in [-0.39, 0.29) is 0 Å².